The van der Waals surface area contributed by atoms with Crippen molar-refractivity contribution in [1.29, 1.82) is 0 Å². The summed E-state index contributed by atoms with van der Waals surface area (Å²) in [6, 6.07) is 1.66. The van der Waals surface area contributed by atoms with Gasteiger partial charge in [0.05, 0.1) is 16.8 Å². The predicted molar refractivity (Wildman–Crippen MR) is 103 cm³/mol. The first-order chi connectivity index (χ1) is 14.9. The van der Waals surface area contributed by atoms with Gasteiger partial charge in [0, 0.05) is 33.1 Å². The molecule has 172 valence electrons. The zero-order chi connectivity index (χ0) is 23.3. The van der Waals surface area contributed by atoms with Crippen molar-refractivity contribution < 1.29 is 31.5 Å². The molecule has 2 aromatic heterocycles. The third-order valence-electron chi connectivity index (χ3n) is 5.26. The molecule has 1 N–H and O–H groups in total. The van der Waals surface area contributed by atoms with Gasteiger partial charge in [0.1, 0.15) is 23.7 Å². The summed E-state index contributed by atoms with van der Waals surface area (Å²) in [5, 5.41) is 2.19. The molecule has 0 unspecified atom stereocenters. The largest absolute Gasteiger partial charge is 0.434 e. The third-order valence-corrected chi connectivity index (χ3v) is 5.26. The van der Waals surface area contributed by atoms with Gasteiger partial charge in [-0.25, -0.2) is 28.5 Å². The van der Waals surface area contributed by atoms with E-state index in [-0.39, 0.29) is 28.6 Å². The first-order valence-electron chi connectivity index (χ1n) is 9.67. The smallest absolute Gasteiger partial charge is 0.416 e. The van der Waals surface area contributed by atoms with E-state index in [9.17, 15) is 26.7 Å². The van der Waals surface area contributed by atoms with Crippen LogP contribution in [0.2, 0.25) is 0 Å². The fourth-order valence-electron chi connectivity index (χ4n) is 3.60. The van der Waals surface area contributed by atoms with E-state index in [1.54, 1.807) is 4.90 Å². The molecular formula is C19H19F5N6O2. The molecule has 32 heavy (non-hydrogen) atoms. The van der Waals surface area contributed by atoms with Gasteiger partial charge in [-0.1, -0.05) is 0 Å². The minimum atomic E-state index is -4.70. The van der Waals surface area contributed by atoms with Crippen LogP contribution >= 0.6 is 0 Å². The summed E-state index contributed by atoms with van der Waals surface area (Å²) in [6.07, 6.45) is -6.98. The SMILES string of the molecule is CN1CCN(c2cc(C(F)(F)F)cc(-c3ncnc4c3[C@H](C(C)(F)F)OC(=O)N4)n2)CC1. The Morgan fingerprint density at radius 1 is 1.09 bits per heavy atom. The Hall–Kier alpha value is -3.09. The molecule has 8 nitrogen and oxygen atoms in total. The summed E-state index contributed by atoms with van der Waals surface area (Å²) in [7, 11) is 1.90. The van der Waals surface area contributed by atoms with Crippen molar-refractivity contribution in [1.82, 2.24) is 19.9 Å². The molecule has 1 amide bonds. The molecule has 1 saturated heterocycles. The molecule has 1 atom stereocenters. The number of carbonyl (C=O) groups is 1. The van der Waals surface area contributed by atoms with E-state index in [2.05, 4.69) is 20.3 Å². The van der Waals surface area contributed by atoms with Crippen molar-refractivity contribution in [3.63, 3.8) is 0 Å². The quantitative estimate of drug-likeness (QED) is 0.705. The topological polar surface area (TPSA) is 83.5 Å². The zero-order valence-corrected chi connectivity index (χ0v) is 17.1. The van der Waals surface area contributed by atoms with Crippen LogP contribution in [0.5, 0.6) is 0 Å². The lowest BCUT2D eigenvalue weighted by atomic mass is 9.99. The Labute approximate surface area is 179 Å². The molecule has 2 aliphatic rings. The van der Waals surface area contributed by atoms with E-state index in [1.807, 2.05) is 11.9 Å². The number of anilines is 2. The normalized spacial score (nSPS) is 19.9. The van der Waals surface area contributed by atoms with Gasteiger partial charge in [-0.15, -0.1) is 0 Å². The maximum Gasteiger partial charge on any atom is 0.416 e. The Kier molecular flexibility index (Phi) is 5.39. The van der Waals surface area contributed by atoms with Crippen LogP contribution in [-0.4, -0.2) is 65.1 Å². The lowest BCUT2D eigenvalue weighted by Crippen LogP contribution is -2.45. The fraction of sp³-hybridized carbons (Fsp3) is 0.474. The highest BCUT2D eigenvalue weighted by atomic mass is 19.4. The number of likely N-dealkylation sites (N-methyl/N-ethyl adjacent to an activating group) is 1. The molecule has 0 spiro atoms. The molecule has 0 radical (unpaired) electrons. The standard InChI is InChI=1S/C19H19F5N6O2/c1-18(20,21)15-13-14(25-9-26-16(13)28-17(31)32-15)11-7-10(19(22,23)24)8-12(27-11)30-5-3-29(2)4-6-30/h7-9,15H,3-6H2,1-2H3,(H,25,26,28,31)/t15-/m1/s1. The summed E-state index contributed by atoms with van der Waals surface area (Å²) >= 11 is 0. The van der Waals surface area contributed by atoms with Gasteiger partial charge in [0.15, 0.2) is 6.10 Å². The molecule has 1 fully saturated rings. The number of nitrogens with zero attached hydrogens (tertiary/aromatic N) is 5. The van der Waals surface area contributed by atoms with E-state index in [1.165, 1.54) is 0 Å². The Morgan fingerprint density at radius 2 is 1.78 bits per heavy atom. The summed E-state index contributed by atoms with van der Waals surface area (Å²) in [6.45, 7) is 2.67. The number of halogens is 5. The number of carbonyl (C=O) groups excluding carboxylic acids is 1. The molecule has 4 heterocycles. The van der Waals surface area contributed by atoms with E-state index in [0.29, 0.717) is 33.1 Å². The highest BCUT2D eigenvalue weighted by Crippen LogP contribution is 2.44. The molecule has 0 bridgehead atoms. The summed E-state index contributed by atoms with van der Waals surface area (Å²) in [5.74, 6) is -3.76. The average Bonchev–Trinajstić information content (AvgIpc) is 2.71. The number of pyridine rings is 1. The summed E-state index contributed by atoms with van der Waals surface area (Å²) in [4.78, 5) is 27.5. The van der Waals surface area contributed by atoms with Gasteiger partial charge in [-0.05, 0) is 19.2 Å². The lowest BCUT2D eigenvalue weighted by Gasteiger charge is -2.34. The van der Waals surface area contributed by atoms with Crippen LogP contribution in [0.3, 0.4) is 0 Å². The molecular weight excluding hydrogens is 439 g/mol. The van der Waals surface area contributed by atoms with Gasteiger partial charge >= 0.3 is 12.3 Å². The van der Waals surface area contributed by atoms with E-state index in [0.717, 1.165) is 18.5 Å². The number of fused-ring (bicyclic) bond motifs is 1. The third kappa shape index (κ3) is 4.29. The van der Waals surface area contributed by atoms with Crippen LogP contribution in [0.15, 0.2) is 18.5 Å². The monoisotopic (exact) mass is 458 g/mol. The Balaban J connectivity index is 1.88. The van der Waals surface area contributed by atoms with Crippen molar-refractivity contribution in [3.05, 3.63) is 29.6 Å². The van der Waals surface area contributed by atoms with E-state index < -0.39 is 29.9 Å². The minimum Gasteiger partial charge on any atom is -0.434 e. The highest BCUT2D eigenvalue weighted by Gasteiger charge is 2.46. The summed E-state index contributed by atoms with van der Waals surface area (Å²) in [5.41, 5.74) is -1.88. The number of amides is 1. The second kappa shape index (κ2) is 7.80. The van der Waals surface area contributed by atoms with E-state index in [4.69, 9.17) is 4.74 Å². The van der Waals surface area contributed by atoms with Crippen LogP contribution in [-0.2, 0) is 10.9 Å². The van der Waals surface area contributed by atoms with Crippen molar-refractivity contribution in [3.8, 4) is 11.4 Å². The van der Waals surface area contributed by atoms with Gasteiger partial charge in [-0.2, -0.15) is 13.2 Å². The second-order valence-corrected chi connectivity index (χ2v) is 7.74. The number of ether oxygens (including phenoxy) is 1. The number of hydrogen-bond acceptors (Lipinski definition) is 7. The molecule has 4 rings (SSSR count). The first kappa shape index (κ1) is 22.1. The number of rotatable bonds is 3. The van der Waals surface area contributed by atoms with Crippen molar-refractivity contribution in [2.45, 2.75) is 25.1 Å². The van der Waals surface area contributed by atoms with Crippen LogP contribution in [0, 0.1) is 0 Å². The number of cyclic esters (lactones) is 1. The van der Waals surface area contributed by atoms with Gasteiger partial charge in [-0.3, -0.25) is 5.32 Å². The lowest BCUT2D eigenvalue weighted by molar-refractivity contribution is -0.137. The van der Waals surface area contributed by atoms with Crippen molar-refractivity contribution in [2.75, 3.05) is 43.4 Å². The predicted octanol–water partition coefficient (Wildman–Crippen LogP) is 3.57. The highest BCUT2D eigenvalue weighted by molar-refractivity contribution is 5.88. The van der Waals surface area contributed by atoms with Crippen LogP contribution in [0.4, 0.5) is 38.4 Å². The molecule has 2 aliphatic heterocycles. The maximum absolute atomic E-state index is 14.3. The fourth-order valence-corrected chi connectivity index (χ4v) is 3.60. The number of piperazine rings is 1. The Morgan fingerprint density at radius 3 is 2.41 bits per heavy atom. The second-order valence-electron chi connectivity index (χ2n) is 7.74. The molecule has 13 heteroatoms. The zero-order valence-electron chi connectivity index (χ0n) is 17.1. The summed E-state index contributed by atoms with van der Waals surface area (Å²) < 4.78 is 74.2. The number of alkyl halides is 5. The van der Waals surface area contributed by atoms with E-state index >= 15 is 0 Å². The van der Waals surface area contributed by atoms with Crippen LogP contribution in [0.25, 0.3) is 11.4 Å². The maximum atomic E-state index is 14.3. The van der Waals surface area contributed by atoms with Gasteiger partial charge in [0.25, 0.3) is 5.92 Å². The molecule has 0 saturated carbocycles. The Bertz CT molecular complexity index is 1030. The van der Waals surface area contributed by atoms with Gasteiger partial charge in [0.2, 0.25) is 0 Å². The average molecular weight is 458 g/mol. The first-order valence-corrected chi connectivity index (χ1v) is 9.67. The molecule has 0 aliphatic carbocycles. The number of nitrogens with one attached hydrogen (secondary N) is 1. The minimum absolute atomic E-state index is 0.0517. The van der Waals surface area contributed by atoms with Crippen LogP contribution in [0.1, 0.15) is 24.2 Å². The molecule has 0 aromatic carbocycles. The van der Waals surface area contributed by atoms with Gasteiger partial charge < -0.3 is 14.5 Å². The molecule has 2 aromatic rings. The number of hydrogen-bond donors (Lipinski definition) is 1. The number of aromatic nitrogens is 3. The van der Waals surface area contributed by atoms with Crippen molar-refractivity contribution >= 4 is 17.7 Å². The van der Waals surface area contributed by atoms with Crippen LogP contribution < -0.4 is 10.2 Å². The van der Waals surface area contributed by atoms with Crippen molar-refractivity contribution in [2.24, 2.45) is 0 Å².